The van der Waals surface area contributed by atoms with Crippen LogP contribution in [0.25, 0.3) is 0 Å². The number of hydrogen-bond acceptors (Lipinski definition) is 5. The maximum atomic E-state index is 12.6. The summed E-state index contributed by atoms with van der Waals surface area (Å²) in [6.07, 6.45) is 0. The largest absolute Gasteiger partial charge is 0.495 e. The number of hydrogen-bond donors (Lipinski definition) is 1. The number of amides is 1. The van der Waals surface area contributed by atoms with Gasteiger partial charge in [0.2, 0.25) is 10.0 Å². The molecule has 1 aromatic carbocycles. The molecule has 1 aliphatic rings. The molecule has 0 aromatic heterocycles. The Kier molecular flexibility index (Phi) is 4.02. The standard InChI is InChI=1S/C13H16N2O5S/c1-4-15(5-2)21(18,19)11-6-8-9(7-10(11)20-3)14-13(17)12(8)16/h6-7H,4-5H2,1-3H3,(H,14,16,17). The van der Waals surface area contributed by atoms with E-state index >= 15 is 0 Å². The molecule has 7 nitrogen and oxygen atoms in total. The Bertz CT molecular complexity index is 708. The number of benzene rings is 1. The van der Waals surface area contributed by atoms with E-state index in [0.29, 0.717) is 13.1 Å². The minimum absolute atomic E-state index is 0.0477. The Morgan fingerprint density at radius 1 is 1.19 bits per heavy atom. The van der Waals surface area contributed by atoms with Gasteiger partial charge in [-0.3, -0.25) is 9.59 Å². The molecule has 1 aromatic rings. The van der Waals surface area contributed by atoms with Crippen LogP contribution in [0, 0.1) is 0 Å². The van der Waals surface area contributed by atoms with Crippen molar-refractivity contribution < 1.29 is 22.7 Å². The van der Waals surface area contributed by atoms with E-state index < -0.39 is 21.7 Å². The zero-order valence-electron chi connectivity index (χ0n) is 12.0. The van der Waals surface area contributed by atoms with E-state index in [9.17, 15) is 18.0 Å². The Morgan fingerprint density at radius 3 is 2.33 bits per heavy atom. The van der Waals surface area contributed by atoms with Crippen molar-refractivity contribution in [2.75, 3.05) is 25.5 Å². The van der Waals surface area contributed by atoms with E-state index in [1.807, 2.05) is 0 Å². The Balaban J connectivity index is 2.65. The van der Waals surface area contributed by atoms with Gasteiger partial charge in [0.25, 0.3) is 11.7 Å². The first-order chi connectivity index (χ1) is 9.86. The van der Waals surface area contributed by atoms with Gasteiger partial charge in [-0.15, -0.1) is 0 Å². The minimum atomic E-state index is -3.79. The minimum Gasteiger partial charge on any atom is -0.495 e. The molecule has 1 heterocycles. The third-order valence-corrected chi connectivity index (χ3v) is 5.40. The van der Waals surface area contributed by atoms with Crippen LogP contribution in [0.4, 0.5) is 5.69 Å². The highest BCUT2D eigenvalue weighted by atomic mass is 32.2. The highest BCUT2D eigenvalue weighted by Crippen LogP contribution is 2.35. The molecule has 0 saturated heterocycles. The Hall–Kier alpha value is -1.93. The van der Waals surface area contributed by atoms with Gasteiger partial charge in [0.1, 0.15) is 10.6 Å². The highest BCUT2D eigenvalue weighted by molar-refractivity contribution is 7.89. The Labute approximate surface area is 122 Å². The van der Waals surface area contributed by atoms with Crippen molar-refractivity contribution in [3.8, 4) is 5.75 Å². The molecule has 0 saturated carbocycles. The number of rotatable bonds is 5. The lowest BCUT2D eigenvalue weighted by Gasteiger charge is -2.20. The van der Waals surface area contributed by atoms with Gasteiger partial charge in [-0.2, -0.15) is 4.31 Å². The molecule has 0 fully saturated rings. The van der Waals surface area contributed by atoms with Crippen LogP contribution in [0.1, 0.15) is 24.2 Å². The number of ether oxygens (including phenoxy) is 1. The number of fused-ring (bicyclic) bond motifs is 1. The van der Waals surface area contributed by atoms with Crippen molar-refractivity contribution in [3.05, 3.63) is 17.7 Å². The number of Topliss-reactive ketones (excluding diaryl/α,β-unsaturated/α-hetero) is 1. The van der Waals surface area contributed by atoms with Gasteiger partial charge >= 0.3 is 0 Å². The summed E-state index contributed by atoms with van der Waals surface area (Å²) in [7, 11) is -2.45. The van der Waals surface area contributed by atoms with Gasteiger partial charge in [0.15, 0.2) is 0 Å². The summed E-state index contributed by atoms with van der Waals surface area (Å²) >= 11 is 0. The van der Waals surface area contributed by atoms with Gasteiger partial charge in [0, 0.05) is 19.2 Å². The van der Waals surface area contributed by atoms with E-state index in [1.165, 1.54) is 23.5 Å². The number of carbonyl (C=O) groups is 2. The van der Waals surface area contributed by atoms with Crippen molar-refractivity contribution in [3.63, 3.8) is 0 Å². The van der Waals surface area contributed by atoms with Gasteiger partial charge in [-0.05, 0) is 6.07 Å². The number of carbonyl (C=O) groups excluding carboxylic acids is 2. The average Bonchev–Trinajstić information content (AvgIpc) is 2.73. The van der Waals surface area contributed by atoms with Crippen molar-refractivity contribution in [1.82, 2.24) is 4.31 Å². The predicted octanol–water partition coefficient (Wildman–Crippen LogP) is 0.861. The normalized spacial score (nSPS) is 14.3. The first kappa shape index (κ1) is 15.5. The van der Waals surface area contributed by atoms with Crippen LogP contribution in [0.2, 0.25) is 0 Å². The summed E-state index contributed by atoms with van der Waals surface area (Å²) in [5, 5.41) is 2.38. The number of nitrogens with one attached hydrogen (secondary N) is 1. The molecule has 1 aliphatic heterocycles. The van der Waals surface area contributed by atoms with E-state index in [4.69, 9.17) is 4.74 Å². The summed E-state index contributed by atoms with van der Waals surface area (Å²) in [6.45, 7) is 4.03. The number of methoxy groups -OCH3 is 1. The maximum absolute atomic E-state index is 12.6. The van der Waals surface area contributed by atoms with E-state index in [1.54, 1.807) is 13.8 Å². The summed E-state index contributed by atoms with van der Waals surface area (Å²) < 4.78 is 31.5. The first-order valence-electron chi connectivity index (χ1n) is 6.44. The fourth-order valence-electron chi connectivity index (χ4n) is 2.22. The van der Waals surface area contributed by atoms with Crippen LogP contribution in [0.5, 0.6) is 5.75 Å². The number of anilines is 1. The zero-order chi connectivity index (χ0) is 15.8. The predicted molar refractivity (Wildman–Crippen MR) is 76.1 cm³/mol. The first-order valence-corrected chi connectivity index (χ1v) is 7.88. The molecule has 0 unspecified atom stereocenters. The summed E-state index contributed by atoms with van der Waals surface area (Å²) in [5.74, 6) is -1.43. The highest BCUT2D eigenvalue weighted by Gasteiger charge is 2.33. The third-order valence-electron chi connectivity index (χ3n) is 3.33. The smallest absolute Gasteiger partial charge is 0.296 e. The van der Waals surface area contributed by atoms with E-state index in [-0.39, 0.29) is 21.9 Å². The molecule has 0 bridgehead atoms. The molecular formula is C13H16N2O5S. The Morgan fingerprint density at radius 2 is 1.81 bits per heavy atom. The lowest BCUT2D eigenvalue weighted by Crippen LogP contribution is -2.31. The summed E-state index contributed by atoms with van der Waals surface area (Å²) in [6, 6.07) is 2.55. The third kappa shape index (κ3) is 2.40. The second-order valence-electron chi connectivity index (χ2n) is 4.42. The van der Waals surface area contributed by atoms with Crippen LogP contribution < -0.4 is 10.1 Å². The molecule has 0 radical (unpaired) electrons. The fraction of sp³-hybridized carbons (Fsp3) is 0.385. The van der Waals surface area contributed by atoms with Crippen LogP contribution >= 0.6 is 0 Å². The maximum Gasteiger partial charge on any atom is 0.296 e. The molecular weight excluding hydrogens is 296 g/mol. The number of nitrogens with zero attached hydrogens (tertiary/aromatic N) is 1. The van der Waals surface area contributed by atoms with Crippen molar-refractivity contribution in [1.29, 1.82) is 0 Å². The molecule has 0 spiro atoms. The molecule has 21 heavy (non-hydrogen) atoms. The van der Waals surface area contributed by atoms with E-state index in [0.717, 1.165) is 0 Å². The zero-order valence-corrected chi connectivity index (χ0v) is 12.8. The van der Waals surface area contributed by atoms with Crippen molar-refractivity contribution in [2.45, 2.75) is 18.7 Å². The molecule has 0 aliphatic carbocycles. The van der Waals surface area contributed by atoms with E-state index in [2.05, 4.69) is 5.32 Å². The van der Waals surface area contributed by atoms with Crippen LogP contribution in [-0.4, -0.2) is 44.6 Å². The SMILES string of the molecule is CCN(CC)S(=O)(=O)c1cc2c(cc1OC)NC(=O)C2=O. The summed E-state index contributed by atoms with van der Waals surface area (Å²) in [4.78, 5) is 23.0. The molecule has 0 atom stereocenters. The topological polar surface area (TPSA) is 92.8 Å². The van der Waals surface area contributed by atoms with Crippen LogP contribution in [0.3, 0.4) is 0 Å². The second-order valence-corrected chi connectivity index (χ2v) is 6.33. The van der Waals surface area contributed by atoms with Crippen LogP contribution in [-0.2, 0) is 14.8 Å². The summed E-state index contributed by atoms with van der Waals surface area (Å²) in [5.41, 5.74) is 0.312. The van der Waals surface area contributed by atoms with Gasteiger partial charge in [-0.1, -0.05) is 13.8 Å². The number of ketones is 1. The lowest BCUT2D eigenvalue weighted by molar-refractivity contribution is -0.112. The van der Waals surface area contributed by atoms with Gasteiger partial charge < -0.3 is 10.1 Å². The quantitative estimate of drug-likeness (QED) is 0.814. The molecule has 8 heteroatoms. The molecule has 2 rings (SSSR count). The van der Waals surface area contributed by atoms with Gasteiger partial charge in [-0.25, -0.2) is 8.42 Å². The molecule has 1 amide bonds. The average molecular weight is 312 g/mol. The van der Waals surface area contributed by atoms with Crippen LogP contribution in [0.15, 0.2) is 17.0 Å². The lowest BCUT2D eigenvalue weighted by atomic mass is 10.1. The van der Waals surface area contributed by atoms with Gasteiger partial charge in [0.05, 0.1) is 18.4 Å². The number of sulfonamides is 1. The molecule has 1 N–H and O–H groups in total. The second kappa shape index (κ2) is 5.45. The monoisotopic (exact) mass is 312 g/mol. The molecule has 114 valence electrons. The van der Waals surface area contributed by atoms with Crippen molar-refractivity contribution in [2.24, 2.45) is 0 Å². The van der Waals surface area contributed by atoms with Crippen molar-refractivity contribution >= 4 is 27.4 Å². The fourth-order valence-corrected chi connectivity index (χ4v) is 3.84.